The predicted octanol–water partition coefficient (Wildman–Crippen LogP) is 1.63. The number of hydrogen-bond donors (Lipinski definition) is 1. The van der Waals surface area contributed by atoms with Gasteiger partial charge in [-0.1, -0.05) is 18.5 Å². The van der Waals surface area contributed by atoms with Crippen LogP contribution in [0, 0.1) is 6.92 Å². The Hall–Kier alpha value is -0.390. The van der Waals surface area contributed by atoms with Crippen molar-refractivity contribution < 1.29 is 4.21 Å². The second-order valence-corrected chi connectivity index (χ2v) is 6.41. The van der Waals surface area contributed by atoms with Crippen LogP contribution >= 0.6 is 11.6 Å². The normalized spacial score (nSPS) is 14.9. The fraction of sp³-hybridized carbons (Fsp3) is 0.727. The first kappa shape index (κ1) is 14.7. The lowest BCUT2D eigenvalue weighted by molar-refractivity contribution is 0.628. The molecule has 0 saturated heterocycles. The highest BCUT2D eigenvalue weighted by molar-refractivity contribution is 7.84. The molecule has 0 aliphatic rings. The zero-order valence-electron chi connectivity index (χ0n) is 10.8. The highest BCUT2D eigenvalue weighted by Gasteiger charge is 2.11. The molecule has 6 heteroatoms. The monoisotopic (exact) mass is 277 g/mol. The average molecular weight is 278 g/mol. The van der Waals surface area contributed by atoms with Gasteiger partial charge in [-0.15, -0.1) is 0 Å². The average Bonchev–Trinajstić information content (AvgIpc) is 2.49. The first-order chi connectivity index (χ1) is 7.93. The van der Waals surface area contributed by atoms with Gasteiger partial charge in [0.15, 0.2) is 0 Å². The third kappa shape index (κ3) is 4.08. The third-order valence-corrected chi connectivity index (χ3v) is 4.71. The van der Waals surface area contributed by atoms with Crippen molar-refractivity contribution in [1.82, 2.24) is 15.1 Å². The summed E-state index contributed by atoms with van der Waals surface area (Å²) in [6.45, 7) is 5.50. The van der Waals surface area contributed by atoms with E-state index in [9.17, 15) is 4.21 Å². The zero-order chi connectivity index (χ0) is 13.0. The maximum atomic E-state index is 11.2. The van der Waals surface area contributed by atoms with Crippen molar-refractivity contribution >= 4 is 22.4 Å². The molecular weight excluding hydrogens is 258 g/mol. The van der Waals surface area contributed by atoms with Gasteiger partial charge in [-0.05, 0) is 19.9 Å². The molecule has 0 aliphatic carbocycles. The minimum Gasteiger partial charge on any atom is -0.312 e. The maximum absolute atomic E-state index is 11.2. The van der Waals surface area contributed by atoms with Crippen molar-refractivity contribution in [3.05, 3.63) is 16.4 Å². The quantitative estimate of drug-likeness (QED) is 0.804. The van der Waals surface area contributed by atoms with Gasteiger partial charge in [0.25, 0.3) is 0 Å². The van der Waals surface area contributed by atoms with E-state index in [4.69, 9.17) is 11.6 Å². The second kappa shape index (κ2) is 6.52. The molecule has 1 aromatic heterocycles. The first-order valence-electron chi connectivity index (χ1n) is 5.64. The Kier molecular flexibility index (Phi) is 5.62. The number of aryl methyl sites for hydroxylation is 2. The van der Waals surface area contributed by atoms with Gasteiger partial charge in [0, 0.05) is 41.5 Å². The van der Waals surface area contributed by atoms with E-state index >= 15 is 0 Å². The molecule has 2 unspecified atom stereocenters. The van der Waals surface area contributed by atoms with Crippen molar-refractivity contribution in [3.8, 4) is 0 Å². The van der Waals surface area contributed by atoms with E-state index in [1.807, 2.05) is 20.9 Å². The molecule has 0 spiro atoms. The van der Waals surface area contributed by atoms with E-state index in [1.54, 1.807) is 10.9 Å². The molecule has 0 radical (unpaired) electrons. The van der Waals surface area contributed by atoms with Gasteiger partial charge in [0.05, 0.1) is 5.69 Å². The molecule has 1 N–H and O–H groups in total. The Morgan fingerprint density at radius 3 is 2.71 bits per heavy atom. The van der Waals surface area contributed by atoms with Crippen molar-refractivity contribution in [2.24, 2.45) is 7.05 Å². The molecule has 2 atom stereocenters. The van der Waals surface area contributed by atoms with Crippen LogP contribution in [0.4, 0.5) is 0 Å². The van der Waals surface area contributed by atoms with Gasteiger partial charge in [-0.2, -0.15) is 5.10 Å². The topological polar surface area (TPSA) is 46.9 Å². The van der Waals surface area contributed by atoms with E-state index in [1.165, 1.54) is 0 Å². The molecule has 1 aromatic rings. The van der Waals surface area contributed by atoms with Crippen molar-refractivity contribution in [1.29, 1.82) is 0 Å². The molecule has 0 amide bonds. The second-order valence-electron chi connectivity index (χ2n) is 4.25. The molecule has 0 bridgehead atoms. The molecule has 0 fully saturated rings. The molecule has 1 rings (SSSR count). The molecule has 4 nitrogen and oxygen atoms in total. The van der Waals surface area contributed by atoms with Crippen LogP contribution in [0.5, 0.6) is 0 Å². The maximum Gasteiger partial charge on any atom is 0.131 e. The number of nitrogens with zero attached hydrogens (tertiary/aromatic N) is 2. The van der Waals surface area contributed by atoms with E-state index in [0.29, 0.717) is 11.7 Å². The zero-order valence-corrected chi connectivity index (χ0v) is 12.4. The number of rotatable bonds is 6. The Balaban J connectivity index is 2.39. The van der Waals surface area contributed by atoms with Gasteiger partial charge in [-0.25, -0.2) is 0 Å². The van der Waals surface area contributed by atoms with Crippen LogP contribution in [0.15, 0.2) is 0 Å². The van der Waals surface area contributed by atoms with E-state index in [0.717, 1.165) is 24.2 Å². The standard InChI is InChI=1S/C11H20ClN3OS/c1-8(17(4)16)5-6-13-7-10-9(2)14-15(3)11(10)12/h8,13H,5-7H2,1-4H3. The molecule has 0 aromatic carbocycles. The highest BCUT2D eigenvalue weighted by atomic mass is 35.5. The van der Waals surface area contributed by atoms with Crippen LogP contribution < -0.4 is 5.32 Å². The molecule has 98 valence electrons. The Morgan fingerprint density at radius 1 is 1.59 bits per heavy atom. The lowest BCUT2D eigenvalue weighted by Gasteiger charge is -2.09. The van der Waals surface area contributed by atoms with Gasteiger partial charge >= 0.3 is 0 Å². The summed E-state index contributed by atoms with van der Waals surface area (Å²) in [4.78, 5) is 0. The SMILES string of the molecule is Cc1nn(C)c(Cl)c1CNCCC(C)S(C)=O. The minimum atomic E-state index is -0.745. The fourth-order valence-electron chi connectivity index (χ4n) is 1.56. The van der Waals surface area contributed by atoms with E-state index in [2.05, 4.69) is 10.4 Å². The molecule has 1 heterocycles. The van der Waals surface area contributed by atoms with E-state index in [-0.39, 0.29) is 5.25 Å². The summed E-state index contributed by atoms with van der Waals surface area (Å²) in [5, 5.41) is 8.47. The minimum absolute atomic E-state index is 0.230. The number of aromatic nitrogens is 2. The van der Waals surface area contributed by atoms with Crippen LogP contribution in [-0.4, -0.2) is 32.0 Å². The summed E-state index contributed by atoms with van der Waals surface area (Å²) >= 11 is 6.12. The predicted molar refractivity (Wildman–Crippen MR) is 72.8 cm³/mol. The summed E-state index contributed by atoms with van der Waals surface area (Å²) < 4.78 is 12.8. The van der Waals surface area contributed by atoms with E-state index < -0.39 is 10.8 Å². The molecule has 0 aliphatic heterocycles. The Labute approximate surface area is 110 Å². The fourth-order valence-corrected chi connectivity index (χ4v) is 2.25. The van der Waals surface area contributed by atoms with Gasteiger partial charge in [0.2, 0.25) is 0 Å². The third-order valence-electron chi connectivity index (χ3n) is 2.87. The summed E-state index contributed by atoms with van der Waals surface area (Å²) in [6, 6.07) is 0. The lowest BCUT2D eigenvalue weighted by atomic mass is 10.2. The van der Waals surface area contributed by atoms with Crippen LogP contribution in [0.1, 0.15) is 24.6 Å². The molecular formula is C11H20ClN3OS. The first-order valence-corrected chi connectivity index (χ1v) is 7.64. The molecule has 17 heavy (non-hydrogen) atoms. The number of nitrogens with one attached hydrogen (secondary N) is 1. The Morgan fingerprint density at radius 2 is 2.24 bits per heavy atom. The van der Waals surface area contributed by atoms with Crippen molar-refractivity contribution in [2.75, 3.05) is 12.8 Å². The summed E-state index contributed by atoms with van der Waals surface area (Å²) in [5.74, 6) is 0. The smallest absolute Gasteiger partial charge is 0.131 e. The summed E-state index contributed by atoms with van der Waals surface area (Å²) in [6.07, 6.45) is 2.65. The van der Waals surface area contributed by atoms with Crippen LogP contribution in [-0.2, 0) is 24.4 Å². The van der Waals surface area contributed by atoms with Crippen LogP contribution in [0.3, 0.4) is 0 Å². The van der Waals surface area contributed by atoms with Crippen molar-refractivity contribution in [2.45, 2.75) is 32.1 Å². The Bertz CT molecular complexity index is 406. The largest absolute Gasteiger partial charge is 0.312 e. The van der Waals surface area contributed by atoms with Crippen LogP contribution in [0.25, 0.3) is 0 Å². The lowest BCUT2D eigenvalue weighted by Crippen LogP contribution is -2.21. The highest BCUT2D eigenvalue weighted by Crippen LogP contribution is 2.17. The van der Waals surface area contributed by atoms with Gasteiger partial charge in [-0.3, -0.25) is 8.89 Å². The summed E-state index contributed by atoms with van der Waals surface area (Å²) in [5.41, 5.74) is 2.00. The van der Waals surface area contributed by atoms with Crippen molar-refractivity contribution in [3.63, 3.8) is 0 Å². The number of halogens is 1. The number of hydrogen-bond acceptors (Lipinski definition) is 3. The summed E-state index contributed by atoms with van der Waals surface area (Å²) in [7, 11) is 1.09. The van der Waals surface area contributed by atoms with Gasteiger partial charge in [0.1, 0.15) is 5.15 Å². The van der Waals surface area contributed by atoms with Gasteiger partial charge < -0.3 is 5.32 Å². The van der Waals surface area contributed by atoms with Crippen LogP contribution in [0.2, 0.25) is 5.15 Å². The molecule has 0 saturated carbocycles.